The Balaban J connectivity index is 1.40. The van der Waals surface area contributed by atoms with E-state index in [1.54, 1.807) is 47.3 Å². The van der Waals surface area contributed by atoms with Gasteiger partial charge in [-0.2, -0.15) is 4.31 Å². The van der Waals surface area contributed by atoms with Crippen molar-refractivity contribution < 1.29 is 22.7 Å². The Morgan fingerprint density at radius 2 is 1.83 bits per heavy atom. The number of hydrogen-bond acceptors (Lipinski definition) is 4. The highest BCUT2D eigenvalue weighted by Crippen LogP contribution is 2.34. The number of hydrogen-bond donors (Lipinski definition) is 1. The zero-order valence-corrected chi connectivity index (χ0v) is 22.4. The quantitative estimate of drug-likeness (QED) is 0.568. The van der Waals surface area contributed by atoms with Crippen molar-refractivity contribution in [3.8, 4) is 0 Å². The SMILES string of the molecule is Cc1cc(S(=O)(=O)N2CCCCC2CCC(=O)N2CCC(O)(c3cccc(F)c3)CC2)c(C)cc1Cl. The van der Waals surface area contributed by atoms with Gasteiger partial charge in [-0.15, -0.1) is 0 Å². The van der Waals surface area contributed by atoms with Crippen LogP contribution in [0.1, 0.15) is 61.6 Å². The van der Waals surface area contributed by atoms with Crippen molar-refractivity contribution in [3.63, 3.8) is 0 Å². The first-order valence-electron chi connectivity index (χ1n) is 12.6. The maximum Gasteiger partial charge on any atom is 0.243 e. The third kappa shape index (κ3) is 5.62. The molecule has 4 rings (SSSR count). The van der Waals surface area contributed by atoms with Crippen LogP contribution in [0.5, 0.6) is 0 Å². The third-order valence-electron chi connectivity index (χ3n) is 7.61. The van der Waals surface area contributed by atoms with Crippen LogP contribution in [0.2, 0.25) is 5.02 Å². The average molecular weight is 537 g/mol. The Morgan fingerprint density at radius 1 is 1.11 bits per heavy atom. The van der Waals surface area contributed by atoms with Crippen LogP contribution in [0.4, 0.5) is 4.39 Å². The molecule has 1 amide bonds. The van der Waals surface area contributed by atoms with Crippen LogP contribution < -0.4 is 0 Å². The Hall–Kier alpha value is -2.00. The van der Waals surface area contributed by atoms with E-state index in [0.29, 0.717) is 60.6 Å². The molecule has 0 bridgehead atoms. The monoisotopic (exact) mass is 536 g/mol. The van der Waals surface area contributed by atoms with Crippen molar-refractivity contribution in [2.45, 2.75) is 75.3 Å². The fourth-order valence-corrected chi connectivity index (χ4v) is 7.61. The molecule has 0 aromatic heterocycles. The standard InChI is InChI=1S/C27H34ClFN2O4S/c1-19-17-25(20(2)16-24(19)28)36(34,35)31-13-4-3-8-23(31)9-10-26(32)30-14-11-27(33,12-15-30)21-6-5-7-22(29)18-21/h5-7,16-18,23,33H,3-4,8-15H2,1-2H3. The van der Waals surface area contributed by atoms with E-state index in [1.807, 2.05) is 0 Å². The molecular formula is C27H34ClFN2O4S. The Kier molecular flexibility index (Phi) is 8.10. The van der Waals surface area contributed by atoms with Gasteiger partial charge < -0.3 is 10.0 Å². The topological polar surface area (TPSA) is 77.9 Å². The lowest BCUT2D eigenvalue weighted by molar-refractivity contribution is -0.136. The number of carbonyl (C=O) groups is 1. The van der Waals surface area contributed by atoms with E-state index in [4.69, 9.17) is 11.6 Å². The second-order valence-corrected chi connectivity index (χ2v) is 12.4. The van der Waals surface area contributed by atoms with Gasteiger partial charge in [0.1, 0.15) is 5.82 Å². The fraction of sp³-hybridized carbons (Fsp3) is 0.519. The molecule has 1 unspecified atom stereocenters. The fourth-order valence-electron chi connectivity index (χ4n) is 5.38. The van der Waals surface area contributed by atoms with Gasteiger partial charge in [-0.25, -0.2) is 12.8 Å². The highest BCUT2D eigenvalue weighted by molar-refractivity contribution is 7.89. The second kappa shape index (κ2) is 10.8. The first kappa shape index (κ1) is 27.0. The first-order valence-corrected chi connectivity index (χ1v) is 14.4. The molecule has 2 aromatic carbocycles. The van der Waals surface area contributed by atoms with Crippen LogP contribution >= 0.6 is 11.6 Å². The van der Waals surface area contributed by atoms with Crippen molar-refractivity contribution >= 4 is 27.5 Å². The van der Waals surface area contributed by atoms with E-state index in [0.717, 1.165) is 19.3 Å². The molecule has 36 heavy (non-hydrogen) atoms. The van der Waals surface area contributed by atoms with Crippen LogP contribution in [-0.4, -0.2) is 54.3 Å². The zero-order valence-electron chi connectivity index (χ0n) is 20.8. The van der Waals surface area contributed by atoms with Crippen LogP contribution in [0.15, 0.2) is 41.3 Å². The highest BCUT2D eigenvalue weighted by atomic mass is 35.5. The molecule has 2 saturated heterocycles. The number of likely N-dealkylation sites (tertiary alicyclic amines) is 1. The summed E-state index contributed by atoms with van der Waals surface area (Å²) in [5.41, 5.74) is 0.713. The highest BCUT2D eigenvalue weighted by Gasteiger charge is 2.37. The molecule has 2 fully saturated rings. The van der Waals surface area contributed by atoms with Crippen molar-refractivity contribution in [1.29, 1.82) is 0 Å². The molecule has 0 spiro atoms. The second-order valence-electron chi connectivity index (χ2n) is 10.1. The van der Waals surface area contributed by atoms with Gasteiger partial charge in [-0.05, 0) is 86.9 Å². The molecule has 0 saturated carbocycles. The van der Waals surface area contributed by atoms with Crippen molar-refractivity contribution in [1.82, 2.24) is 9.21 Å². The van der Waals surface area contributed by atoms with E-state index in [-0.39, 0.29) is 23.3 Å². The van der Waals surface area contributed by atoms with Crippen molar-refractivity contribution in [2.75, 3.05) is 19.6 Å². The number of halogens is 2. The Bertz CT molecular complexity index is 1230. The number of sulfonamides is 1. The molecule has 2 heterocycles. The minimum Gasteiger partial charge on any atom is -0.385 e. The minimum absolute atomic E-state index is 0.0438. The molecule has 1 atom stereocenters. The Morgan fingerprint density at radius 3 is 2.53 bits per heavy atom. The molecule has 1 N–H and O–H groups in total. The van der Waals surface area contributed by atoms with Gasteiger partial charge in [-0.1, -0.05) is 30.2 Å². The normalized spacial score (nSPS) is 20.9. The summed E-state index contributed by atoms with van der Waals surface area (Å²) in [5, 5.41) is 11.5. The number of amides is 1. The predicted octanol–water partition coefficient (Wildman–Crippen LogP) is 4.93. The van der Waals surface area contributed by atoms with E-state index in [2.05, 4.69) is 0 Å². The van der Waals surface area contributed by atoms with Gasteiger partial charge in [0, 0.05) is 37.1 Å². The summed E-state index contributed by atoms with van der Waals surface area (Å²) in [4.78, 5) is 15.0. The lowest BCUT2D eigenvalue weighted by Gasteiger charge is -2.39. The number of benzene rings is 2. The minimum atomic E-state index is -3.72. The molecule has 2 aromatic rings. The summed E-state index contributed by atoms with van der Waals surface area (Å²) in [6.45, 7) is 4.74. The van der Waals surface area contributed by atoms with Crippen molar-refractivity contribution in [2.24, 2.45) is 0 Å². The number of aryl methyl sites for hydroxylation is 2. The Labute approximate surface area is 218 Å². The lowest BCUT2D eigenvalue weighted by Crippen LogP contribution is -2.46. The summed E-state index contributed by atoms with van der Waals surface area (Å²) < 4.78 is 42.4. The maximum absolute atomic E-state index is 13.6. The van der Waals surface area contributed by atoms with Gasteiger partial charge >= 0.3 is 0 Å². The van der Waals surface area contributed by atoms with Crippen LogP contribution in [0.3, 0.4) is 0 Å². The molecule has 9 heteroatoms. The van der Waals surface area contributed by atoms with E-state index in [1.165, 1.54) is 12.1 Å². The summed E-state index contributed by atoms with van der Waals surface area (Å²) in [6, 6.07) is 9.07. The first-order chi connectivity index (χ1) is 17.0. The molecule has 6 nitrogen and oxygen atoms in total. The van der Waals surface area contributed by atoms with Gasteiger partial charge in [0.15, 0.2) is 0 Å². The van der Waals surface area contributed by atoms with Gasteiger partial charge in [-0.3, -0.25) is 4.79 Å². The molecular weight excluding hydrogens is 503 g/mol. The number of piperidine rings is 2. The smallest absolute Gasteiger partial charge is 0.243 e. The molecule has 2 aliphatic rings. The van der Waals surface area contributed by atoms with E-state index < -0.39 is 21.4 Å². The van der Waals surface area contributed by atoms with Crippen LogP contribution in [0.25, 0.3) is 0 Å². The van der Waals surface area contributed by atoms with E-state index >= 15 is 0 Å². The number of rotatable bonds is 6. The third-order valence-corrected chi connectivity index (χ3v) is 10.1. The molecule has 2 aliphatic heterocycles. The number of nitrogens with zero attached hydrogens (tertiary/aromatic N) is 2. The zero-order chi connectivity index (χ0) is 26.1. The molecule has 0 radical (unpaired) electrons. The lowest BCUT2D eigenvalue weighted by atomic mass is 9.84. The molecule has 0 aliphatic carbocycles. The van der Waals surface area contributed by atoms with Gasteiger partial charge in [0.2, 0.25) is 15.9 Å². The van der Waals surface area contributed by atoms with Crippen molar-refractivity contribution in [3.05, 3.63) is 63.9 Å². The molecule has 196 valence electrons. The summed E-state index contributed by atoms with van der Waals surface area (Å²) in [5.74, 6) is -0.437. The predicted molar refractivity (Wildman–Crippen MR) is 138 cm³/mol. The average Bonchev–Trinajstić information content (AvgIpc) is 2.85. The summed E-state index contributed by atoms with van der Waals surface area (Å²) >= 11 is 6.19. The van der Waals surface area contributed by atoms with Gasteiger partial charge in [0.05, 0.1) is 10.5 Å². The maximum atomic E-state index is 13.6. The summed E-state index contributed by atoms with van der Waals surface area (Å²) in [6.07, 6.45) is 3.80. The number of carbonyl (C=O) groups excluding carboxylic acids is 1. The largest absolute Gasteiger partial charge is 0.385 e. The van der Waals surface area contributed by atoms with Crippen LogP contribution in [0, 0.1) is 19.7 Å². The van der Waals surface area contributed by atoms with Gasteiger partial charge in [0.25, 0.3) is 0 Å². The summed E-state index contributed by atoms with van der Waals surface area (Å²) in [7, 11) is -3.72. The van der Waals surface area contributed by atoms with Crippen LogP contribution in [-0.2, 0) is 20.4 Å². The number of aliphatic hydroxyl groups is 1. The van der Waals surface area contributed by atoms with E-state index in [9.17, 15) is 22.7 Å².